The number of H-pyrrole nitrogens is 1. The van der Waals surface area contributed by atoms with Crippen molar-refractivity contribution in [1.29, 1.82) is 0 Å². The van der Waals surface area contributed by atoms with Crippen molar-refractivity contribution in [3.8, 4) is 0 Å². The zero-order chi connectivity index (χ0) is 9.10. The third-order valence-corrected chi connectivity index (χ3v) is 2.28. The number of halogens is 1. The average Bonchev–Trinajstić information content (AvgIpc) is 2.62. The quantitative estimate of drug-likeness (QED) is 0.870. The maximum Gasteiger partial charge on any atom is 0.137 e. The topological polar surface area (TPSA) is 41.6 Å². The van der Waals surface area contributed by atoms with Crippen molar-refractivity contribution in [2.24, 2.45) is 0 Å². The molecule has 0 aliphatic heterocycles. The Balaban J connectivity index is 2.15. The third-order valence-electron chi connectivity index (χ3n) is 1.75. The fourth-order valence-corrected chi connectivity index (χ4v) is 1.38. The lowest BCUT2D eigenvalue weighted by Gasteiger charge is -1.97. The third kappa shape index (κ3) is 2.15. The van der Waals surface area contributed by atoms with Crippen LogP contribution in [-0.2, 0) is 6.42 Å². The second-order valence-electron chi connectivity index (χ2n) is 2.74. The molecule has 0 amide bonds. The molecule has 2 rings (SSSR count). The smallest absolute Gasteiger partial charge is 0.137 e. The maximum absolute atomic E-state index is 4.06. The van der Waals surface area contributed by atoms with Crippen LogP contribution >= 0.6 is 15.9 Å². The Kier molecular flexibility index (Phi) is 2.40. The van der Waals surface area contributed by atoms with Gasteiger partial charge in [0.15, 0.2) is 0 Å². The molecule has 1 N–H and O–H groups in total. The first-order valence-electron chi connectivity index (χ1n) is 3.93. The zero-order valence-electron chi connectivity index (χ0n) is 6.87. The minimum Gasteiger partial charge on any atom is -0.263 e. The summed E-state index contributed by atoms with van der Waals surface area (Å²) in [4.78, 5) is 4.06. The molecule has 0 saturated carbocycles. The molecule has 0 saturated heterocycles. The highest BCUT2D eigenvalue weighted by molar-refractivity contribution is 9.10. The van der Waals surface area contributed by atoms with E-state index < -0.39 is 0 Å². The SMILES string of the molecule is Brc1ccc(Cc2ncn[nH]2)cc1. The molecule has 0 radical (unpaired) electrons. The molecule has 0 aliphatic carbocycles. The minimum atomic E-state index is 0.799. The summed E-state index contributed by atoms with van der Waals surface area (Å²) in [5, 5.41) is 6.62. The molecule has 0 bridgehead atoms. The van der Waals surface area contributed by atoms with Gasteiger partial charge in [0.1, 0.15) is 12.2 Å². The molecular weight excluding hydrogens is 230 g/mol. The van der Waals surface area contributed by atoms with Crippen LogP contribution in [0.3, 0.4) is 0 Å². The first kappa shape index (κ1) is 8.44. The summed E-state index contributed by atoms with van der Waals surface area (Å²) in [7, 11) is 0. The largest absolute Gasteiger partial charge is 0.263 e. The fourth-order valence-electron chi connectivity index (χ4n) is 1.11. The van der Waals surface area contributed by atoms with Gasteiger partial charge in [-0.3, -0.25) is 5.10 Å². The van der Waals surface area contributed by atoms with Gasteiger partial charge in [-0.2, -0.15) is 5.10 Å². The number of rotatable bonds is 2. The molecule has 1 heterocycles. The Labute approximate surface area is 84.3 Å². The second kappa shape index (κ2) is 3.70. The van der Waals surface area contributed by atoms with E-state index in [2.05, 4.69) is 43.2 Å². The number of benzene rings is 1. The van der Waals surface area contributed by atoms with E-state index in [1.807, 2.05) is 12.1 Å². The van der Waals surface area contributed by atoms with Crippen molar-refractivity contribution < 1.29 is 0 Å². The van der Waals surface area contributed by atoms with Gasteiger partial charge in [0, 0.05) is 10.9 Å². The van der Waals surface area contributed by atoms with Crippen LogP contribution in [0.2, 0.25) is 0 Å². The van der Waals surface area contributed by atoms with Gasteiger partial charge in [-0.1, -0.05) is 28.1 Å². The monoisotopic (exact) mass is 237 g/mol. The number of nitrogens with one attached hydrogen (secondary N) is 1. The van der Waals surface area contributed by atoms with E-state index in [-0.39, 0.29) is 0 Å². The predicted octanol–water partition coefficient (Wildman–Crippen LogP) is 2.16. The number of aromatic nitrogens is 3. The molecule has 0 unspecified atom stereocenters. The Morgan fingerprint density at radius 3 is 2.62 bits per heavy atom. The van der Waals surface area contributed by atoms with Crippen LogP contribution in [0.25, 0.3) is 0 Å². The van der Waals surface area contributed by atoms with Crippen molar-refractivity contribution in [1.82, 2.24) is 15.2 Å². The standard InChI is InChI=1S/C9H8BrN3/c10-8-3-1-7(2-4-8)5-9-11-6-12-13-9/h1-4,6H,5H2,(H,11,12,13). The molecule has 4 heteroatoms. The van der Waals surface area contributed by atoms with Crippen LogP contribution < -0.4 is 0 Å². The summed E-state index contributed by atoms with van der Waals surface area (Å²) in [5.41, 5.74) is 1.22. The van der Waals surface area contributed by atoms with E-state index in [1.165, 1.54) is 11.9 Å². The Morgan fingerprint density at radius 2 is 2.00 bits per heavy atom. The van der Waals surface area contributed by atoms with Crippen molar-refractivity contribution in [2.75, 3.05) is 0 Å². The van der Waals surface area contributed by atoms with E-state index in [1.54, 1.807) is 0 Å². The summed E-state index contributed by atoms with van der Waals surface area (Å²) in [6, 6.07) is 8.16. The van der Waals surface area contributed by atoms with Crippen LogP contribution in [0.4, 0.5) is 0 Å². The highest BCUT2D eigenvalue weighted by atomic mass is 79.9. The highest BCUT2D eigenvalue weighted by Crippen LogP contribution is 2.11. The van der Waals surface area contributed by atoms with Gasteiger partial charge in [0.05, 0.1) is 0 Å². The molecule has 13 heavy (non-hydrogen) atoms. The molecule has 0 spiro atoms. The number of aromatic amines is 1. The maximum atomic E-state index is 4.06. The molecular formula is C9H8BrN3. The second-order valence-corrected chi connectivity index (χ2v) is 3.65. The Hall–Kier alpha value is -1.16. The van der Waals surface area contributed by atoms with Crippen molar-refractivity contribution in [3.63, 3.8) is 0 Å². The van der Waals surface area contributed by atoms with Gasteiger partial charge in [-0.15, -0.1) is 0 Å². The molecule has 0 atom stereocenters. The highest BCUT2D eigenvalue weighted by Gasteiger charge is 1.97. The lowest BCUT2D eigenvalue weighted by Crippen LogP contribution is -1.90. The van der Waals surface area contributed by atoms with E-state index in [0.717, 1.165) is 16.7 Å². The lowest BCUT2D eigenvalue weighted by molar-refractivity contribution is 0.972. The molecule has 1 aromatic heterocycles. The average molecular weight is 238 g/mol. The van der Waals surface area contributed by atoms with Gasteiger partial charge in [-0.25, -0.2) is 4.98 Å². The van der Waals surface area contributed by atoms with Gasteiger partial charge in [0.25, 0.3) is 0 Å². The van der Waals surface area contributed by atoms with Crippen molar-refractivity contribution >= 4 is 15.9 Å². The summed E-state index contributed by atoms with van der Waals surface area (Å²) in [6.45, 7) is 0. The first-order chi connectivity index (χ1) is 6.34. The normalized spacial score (nSPS) is 10.2. The molecule has 0 aliphatic rings. The summed E-state index contributed by atoms with van der Waals surface area (Å²) in [5.74, 6) is 0.891. The van der Waals surface area contributed by atoms with E-state index in [0.29, 0.717) is 0 Å². The minimum absolute atomic E-state index is 0.799. The predicted molar refractivity (Wildman–Crippen MR) is 53.3 cm³/mol. The molecule has 66 valence electrons. The Bertz CT molecular complexity index is 366. The molecule has 0 fully saturated rings. The van der Waals surface area contributed by atoms with Crippen LogP contribution in [0, 0.1) is 0 Å². The van der Waals surface area contributed by atoms with Gasteiger partial charge in [-0.05, 0) is 17.7 Å². The van der Waals surface area contributed by atoms with E-state index in [9.17, 15) is 0 Å². The summed E-state index contributed by atoms with van der Waals surface area (Å²) in [6.07, 6.45) is 2.32. The number of hydrogen-bond acceptors (Lipinski definition) is 2. The molecule has 1 aromatic carbocycles. The van der Waals surface area contributed by atoms with Gasteiger partial charge < -0.3 is 0 Å². The summed E-state index contributed by atoms with van der Waals surface area (Å²) >= 11 is 3.39. The molecule has 3 nitrogen and oxygen atoms in total. The first-order valence-corrected chi connectivity index (χ1v) is 4.72. The fraction of sp³-hybridized carbons (Fsp3) is 0.111. The van der Waals surface area contributed by atoms with Crippen molar-refractivity contribution in [3.05, 3.63) is 46.5 Å². The van der Waals surface area contributed by atoms with Gasteiger partial charge in [0.2, 0.25) is 0 Å². The van der Waals surface area contributed by atoms with Crippen LogP contribution in [0.5, 0.6) is 0 Å². The number of nitrogens with zero attached hydrogens (tertiary/aromatic N) is 2. The lowest BCUT2D eigenvalue weighted by atomic mass is 10.1. The van der Waals surface area contributed by atoms with Gasteiger partial charge >= 0.3 is 0 Å². The van der Waals surface area contributed by atoms with E-state index >= 15 is 0 Å². The van der Waals surface area contributed by atoms with E-state index in [4.69, 9.17) is 0 Å². The number of hydrogen-bond donors (Lipinski definition) is 1. The van der Waals surface area contributed by atoms with Crippen LogP contribution in [0.15, 0.2) is 35.1 Å². The zero-order valence-corrected chi connectivity index (χ0v) is 8.45. The molecule has 2 aromatic rings. The van der Waals surface area contributed by atoms with Crippen LogP contribution in [-0.4, -0.2) is 15.2 Å². The van der Waals surface area contributed by atoms with Crippen molar-refractivity contribution in [2.45, 2.75) is 6.42 Å². The summed E-state index contributed by atoms with van der Waals surface area (Å²) < 4.78 is 1.09. The Morgan fingerprint density at radius 1 is 1.23 bits per heavy atom. The van der Waals surface area contributed by atoms with Crippen LogP contribution in [0.1, 0.15) is 11.4 Å².